The number of rotatable bonds is 5. The van der Waals surface area contributed by atoms with Crippen molar-refractivity contribution in [2.45, 2.75) is 37.8 Å². The third-order valence-electron chi connectivity index (χ3n) is 4.56. The quantitative estimate of drug-likeness (QED) is 0.843. The lowest BCUT2D eigenvalue weighted by molar-refractivity contribution is -0.144. The molecule has 1 amide bonds. The number of para-hydroxylation sites is 1. The van der Waals surface area contributed by atoms with Gasteiger partial charge in [0.15, 0.2) is 17.7 Å². The van der Waals surface area contributed by atoms with Gasteiger partial charge in [0.25, 0.3) is 5.91 Å². The highest BCUT2D eigenvalue weighted by molar-refractivity contribution is 5.81. The molecule has 7 heteroatoms. The molecular formula is C17H19FN4O2. The van der Waals surface area contributed by atoms with Crippen molar-refractivity contribution in [3.8, 4) is 5.75 Å². The van der Waals surface area contributed by atoms with Crippen LogP contribution in [0.1, 0.15) is 37.4 Å². The van der Waals surface area contributed by atoms with Crippen LogP contribution in [-0.4, -0.2) is 45.0 Å². The Labute approximate surface area is 139 Å². The van der Waals surface area contributed by atoms with Crippen LogP contribution in [0.3, 0.4) is 0 Å². The van der Waals surface area contributed by atoms with Crippen molar-refractivity contribution in [2.24, 2.45) is 0 Å². The number of nitrogens with zero attached hydrogens (tertiary/aromatic N) is 4. The number of halogens is 1. The van der Waals surface area contributed by atoms with Crippen LogP contribution in [0.2, 0.25) is 0 Å². The van der Waals surface area contributed by atoms with E-state index in [2.05, 4.69) is 10.3 Å². The summed E-state index contributed by atoms with van der Waals surface area (Å²) in [5, 5.41) is 8.36. The highest BCUT2D eigenvalue weighted by Crippen LogP contribution is 2.39. The number of benzene rings is 1. The number of hydrogen-bond acceptors (Lipinski definition) is 4. The molecule has 1 aromatic carbocycles. The second-order valence-corrected chi connectivity index (χ2v) is 6.49. The van der Waals surface area contributed by atoms with Gasteiger partial charge in [0.2, 0.25) is 0 Å². The zero-order valence-corrected chi connectivity index (χ0v) is 13.4. The molecule has 1 unspecified atom stereocenters. The van der Waals surface area contributed by atoms with Gasteiger partial charge in [-0.3, -0.25) is 4.79 Å². The summed E-state index contributed by atoms with van der Waals surface area (Å²) in [5.41, 5.74) is 1.05. The van der Waals surface area contributed by atoms with Crippen LogP contribution < -0.4 is 4.74 Å². The Bertz CT molecular complexity index is 753. The predicted octanol–water partition coefficient (Wildman–Crippen LogP) is 2.15. The Morgan fingerprint density at radius 3 is 2.79 bits per heavy atom. The van der Waals surface area contributed by atoms with E-state index < -0.39 is 11.9 Å². The average Bonchev–Trinajstić information content (AvgIpc) is 3.27. The highest BCUT2D eigenvalue weighted by Gasteiger charge is 2.36. The third kappa shape index (κ3) is 2.86. The molecule has 0 radical (unpaired) electrons. The van der Waals surface area contributed by atoms with E-state index in [1.54, 1.807) is 24.0 Å². The number of ether oxygens (including phenoxy) is 1. The number of likely N-dealkylation sites (tertiary alicyclic amines) is 1. The summed E-state index contributed by atoms with van der Waals surface area (Å²) in [4.78, 5) is 14.1. The summed E-state index contributed by atoms with van der Waals surface area (Å²) in [7, 11) is 0. The van der Waals surface area contributed by atoms with Crippen molar-refractivity contribution in [3.05, 3.63) is 42.0 Å². The minimum atomic E-state index is -0.722. The van der Waals surface area contributed by atoms with E-state index in [4.69, 9.17) is 4.74 Å². The maximum atomic E-state index is 13.6. The Morgan fingerprint density at radius 2 is 2.08 bits per heavy atom. The van der Waals surface area contributed by atoms with Gasteiger partial charge in [-0.05, 0) is 31.9 Å². The van der Waals surface area contributed by atoms with Gasteiger partial charge in [-0.25, -0.2) is 9.07 Å². The summed E-state index contributed by atoms with van der Waals surface area (Å²) in [6.07, 6.45) is 3.65. The van der Waals surface area contributed by atoms with Gasteiger partial charge < -0.3 is 9.64 Å². The summed E-state index contributed by atoms with van der Waals surface area (Å²) in [6.45, 7) is 2.80. The smallest absolute Gasteiger partial charge is 0.263 e. The van der Waals surface area contributed by atoms with E-state index in [9.17, 15) is 9.18 Å². The molecular weight excluding hydrogens is 311 g/mol. The highest BCUT2D eigenvalue weighted by atomic mass is 19.1. The summed E-state index contributed by atoms with van der Waals surface area (Å²) in [6, 6.07) is 6.26. The lowest BCUT2D eigenvalue weighted by Gasteiger charge is -2.40. The van der Waals surface area contributed by atoms with Gasteiger partial charge in [0, 0.05) is 25.2 Å². The van der Waals surface area contributed by atoms with Gasteiger partial charge in [-0.15, -0.1) is 5.10 Å². The maximum absolute atomic E-state index is 13.6. The van der Waals surface area contributed by atoms with Crippen LogP contribution in [0.15, 0.2) is 30.5 Å². The van der Waals surface area contributed by atoms with Crippen molar-refractivity contribution in [1.82, 2.24) is 19.9 Å². The molecule has 0 spiro atoms. The number of carbonyl (C=O) groups excluding carboxylic acids is 1. The molecule has 2 aromatic rings. The fourth-order valence-electron chi connectivity index (χ4n) is 2.88. The zero-order valence-electron chi connectivity index (χ0n) is 13.4. The zero-order chi connectivity index (χ0) is 16.7. The first-order chi connectivity index (χ1) is 11.6. The topological polar surface area (TPSA) is 60.2 Å². The molecule has 4 rings (SSSR count). The number of carbonyl (C=O) groups is 1. The number of aromatic nitrogens is 3. The molecule has 1 saturated carbocycles. The molecule has 1 aliphatic carbocycles. The average molecular weight is 330 g/mol. The van der Waals surface area contributed by atoms with E-state index >= 15 is 0 Å². The number of amides is 1. The van der Waals surface area contributed by atoms with Gasteiger partial charge in [0.1, 0.15) is 0 Å². The SMILES string of the molecule is CC(Oc1ccccc1F)C(=O)N1CC(n2cc(C3CC3)nn2)C1. The van der Waals surface area contributed by atoms with E-state index in [1.165, 1.54) is 25.0 Å². The third-order valence-corrected chi connectivity index (χ3v) is 4.56. The standard InChI is InChI=1S/C17H19FN4O2/c1-11(24-16-5-3-2-4-14(16)18)17(23)21-8-13(9-21)22-10-15(19-20-22)12-6-7-12/h2-5,10-13H,6-9H2,1H3. The fourth-order valence-corrected chi connectivity index (χ4v) is 2.88. The minimum absolute atomic E-state index is 0.0979. The molecule has 1 saturated heterocycles. The first-order valence-corrected chi connectivity index (χ1v) is 8.23. The summed E-state index contributed by atoms with van der Waals surface area (Å²) >= 11 is 0. The van der Waals surface area contributed by atoms with Gasteiger partial charge in [-0.2, -0.15) is 0 Å². The van der Waals surface area contributed by atoms with Crippen molar-refractivity contribution in [2.75, 3.05) is 13.1 Å². The van der Waals surface area contributed by atoms with Crippen LogP contribution >= 0.6 is 0 Å². The minimum Gasteiger partial charge on any atom is -0.478 e. The van der Waals surface area contributed by atoms with Crippen molar-refractivity contribution < 1.29 is 13.9 Å². The van der Waals surface area contributed by atoms with Crippen LogP contribution in [0.25, 0.3) is 0 Å². The van der Waals surface area contributed by atoms with E-state index in [1.807, 2.05) is 10.9 Å². The molecule has 126 valence electrons. The van der Waals surface area contributed by atoms with Gasteiger partial charge in [-0.1, -0.05) is 17.3 Å². The monoisotopic (exact) mass is 330 g/mol. The second-order valence-electron chi connectivity index (χ2n) is 6.49. The maximum Gasteiger partial charge on any atom is 0.263 e. The van der Waals surface area contributed by atoms with Crippen LogP contribution in [0, 0.1) is 5.82 Å². The molecule has 0 bridgehead atoms. The molecule has 2 aliphatic rings. The molecule has 24 heavy (non-hydrogen) atoms. The first kappa shape index (κ1) is 15.1. The normalized spacial score (nSPS) is 19.0. The van der Waals surface area contributed by atoms with Gasteiger partial charge in [0.05, 0.1) is 11.7 Å². The first-order valence-electron chi connectivity index (χ1n) is 8.23. The second kappa shape index (κ2) is 5.89. The Hall–Kier alpha value is -2.44. The lowest BCUT2D eigenvalue weighted by Crippen LogP contribution is -2.54. The van der Waals surface area contributed by atoms with Crippen molar-refractivity contribution in [1.29, 1.82) is 0 Å². The molecule has 1 aliphatic heterocycles. The van der Waals surface area contributed by atoms with Crippen LogP contribution in [-0.2, 0) is 4.79 Å². The summed E-state index contributed by atoms with van der Waals surface area (Å²) in [5.74, 6) is 0.0671. The molecule has 6 nitrogen and oxygen atoms in total. The van der Waals surface area contributed by atoms with Crippen LogP contribution in [0.4, 0.5) is 4.39 Å². The van der Waals surface area contributed by atoms with E-state index in [0.29, 0.717) is 19.0 Å². The summed E-state index contributed by atoms with van der Waals surface area (Å²) < 4.78 is 20.9. The fraction of sp³-hybridized carbons (Fsp3) is 0.471. The van der Waals surface area contributed by atoms with Crippen molar-refractivity contribution >= 4 is 5.91 Å². The van der Waals surface area contributed by atoms with Crippen LogP contribution in [0.5, 0.6) is 5.75 Å². The van der Waals surface area contributed by atoms with Gasteiger partial charge >= 0.3 is 0 Å². The largest absolute Gasteiger partial charge is 0.478 e. The molecule has 0 N–H and O–H groups in total. The molecule has 1 aromatic heterocycles. The molecule has 1 atom stereocenters. The Kier molecular flexibility index (Phi) is 3.70. The Morgan fingerprint density at radius 1 is 1.33 bits per heavy atom. The molecule has 2 fully saturated rings. The van der Waals surface area contributed by atoms with E-state index in [-0.39, 0.29) is 17.7 Å². The van der Waals surface area contributed by atoms with Crippen molar-refractivity contribution in [3.63, 3.8) is 0 Å². The Balaban J connectivity index is 1.32. The predicted molar refractivity (Wildman–Crippen MR) is 84.1 cm³/mol. The molecule has 2 heterocycles. The number of hydrogen-bond donors (Lipinski definition) is 0. The van der Waals surface area contributed by atoms with E-state index in [0.717, 1.165) is 5.69 Å². The lowest BCUT2D eigenvalue weighted by atomic mass is 10.1.